The van der Waals surface area contributed by atoms with Gasteiger partial charge in [0.15, 0.2) is 0 Å². The quantitative estimate of drug-likeness (QED) is 0.694. The predicted octanol–water partition coefficient (Wildman–Crippen LogP) is 2.56. The molecule has 2 nitrogen and oxygen atoms in total. The molecule has 14 heavy (non-hydrogen) atoms. The number of halogens is 1. The molecular weight excluding hydrogens is 183 g/mol. The fraction of sp³-hybridized carbons (Fsp3) is 0.364. The molecule has 0 heterocycles. The number of esters is 1. The summed E-state index contributed by atoms with van der Waals surface area (Å²) in [5.74, 6) is -0.867. The summed E-state index contributed by atoms with van der Waals surface area (Å²) >= 11 is 0. The van der Waals surface area contributed by atoms with E-state index in [1.807, 2.05) is 6.92 Å². The van der Waals surface area contributed by atoms with Gasteiger partial charge in [0.05, 0.1) is 12.2 Å². The van der Waals surface area contributed by atoms with Crippen LogP contribution in [-0.4, -0.2) is 12.6 Å². The van der Waals surface area contributed by atoms with Crippen LogP contribution in [-0.2, 0) is 11.2 Å². The highest BCUT2D eigenvalue weighted by atomic mass is 19.1. The van der Waals surface area contributed by atoms with Crippen LogP contribution in [0.25, 0.3) is 0 Å². The van der Waals surface area contributed by atoms with Gasteiger partial charge in [-0.2, -0.15) is 0 Å². The average molecular weight is 196 g/mol. The van der Waals surface area contributed by atoms with Crippen LogP contribution < -0.4 is 0 Å². The first kappa shape index (κ1) is 10.7. The second-order valence-electron chi connectivity index (χ2n) is 2.88. The Bertz CT molecular complexity index is 334. The zero-order valence-corrected chi connectivity index (χ0v) is 8.34. The van der Waals surface area contributed by atoms with Crippen LogP contribution in [0.2, 0.25) is 0 Å². The third-order valence-corrected chi connectivity index (χ3v) is 1.95. The van der Waals surface area contributed by atoms with E-state index < -0.39 is 11.8 Å². The number of ether oxygens (including phenoxy) is 1. The lowest BCUT2D eigenvalue weighted by molar-refractivity contribution is 0.0524. The lowest BCUT2D eigenvalue weighted by Gasteiger charge is -2.06. The molecule has 1 aromatic carbocycles. The van der Waals surface area contributed by atoms with Crippen LogP contribution in [0, 0.1) is 5.82 Å². The highest BCUT2D eigenvalue weighted by molar-refractivity contribution is 5.91. The summed E-state index contributed by atoms with van der Waals surface area (Å²) in [6.07, 6.45) is 0.689. The number of hydrogen-bond donors (Lipinski definition) is 0. The minimum absolute atomic E-state index is 0.304. The van der Waals surface area contributed by atoms with Crippen LogP contribution >= 0.6 is 0 Å². The normalized spacial score (nSPS) is 9.93. The third kappa shape index (κ3) is 2.31. The summed E-state index contributed by atoms with van der Waals surface area (Å²) in [4.78, 5) is 11.4. The second kappa shape index (κ2) is 4.74. The van der Waals surface area contributed by atoms with E-state index in [1.54, 1.807) is 13.0 Å². The van der Waals surface area contributed by atoms with Crippen LogP contribution in [0.3, 0.4) is 0 Å². The van der Waals surface area contributed by atoms with E-state index in [-0.39, 0.29) is 0 Å². The zero-order valence-electron chi connectivity index (χ0n) is 8.34. The topological polar surface area (TPSA) is 26.3 Å². The number of carbonyl (C=O) groups is 1. The number of aryl methyl sites for hydroxylation is 1. The van der Waals surface area contributed by atoms with Crippen LogP contribution in [0.5, 0.6) is 0 Å². The monoisotopic (exact) mass is 196 g/mol. The molecule has 0 aliphatic heterocycles. The van der Waals surface area contributed by atoms with Crippen molar-refractivity contribution in [3.63, 3.8) is 0 Å². The van der Waals surface area contributed by atoms with Gasteiger partial charge in [-0.05, 0) is 31.0 Å². The van der Waals surface area contributed by atoms with Gasteiger partial charge in [-0.3, -0.25) is 0 Å². The van der Waals surface area contributed by atoms with Gasteiger partial charge >= 0.3 is 5.97 Å². The Hall–Kier alpha value is -1.38. The highest BCUT2D eigenvalue weighted by Crippen LogP contribution is 2.13. The lowest BCUT2D eigenvalue weighted by Crippen LogP contribution is -2.08. The third-order valence-electron chi connectivity index (χ3n) is 1.95. The molecule has 0 aliphatic carbocycles. The molecule has 0 spiro atoms. The minimum atomic E-state index is -0.455. The van der Waals surface area contributed by atoms with Crippen molar-refractivity contribution in [2.75, 3.05) is 6.61 Å². The molecular formula is C11H13FO2. The molecule has 0 bridgehead atoms. The molecule has 0 N–H and O–H groups in total. The predicted molar refractivity (Wildman–Crippen MR) is 51.7 cm³/mol. The summed E-state index contributed by atoms with van der Waals surface area (Å²) < 4.78 is 17.7. The summed E-state index contributed by atoms with van der Waals surface area (Å²) in [6, 6.07) is 4.18. The Labute approximate surface area is 82.7 Å². The molecule has 0 unspecified atom stereocenters. The van der Waals surface area contributed by atoms with Crippen molar-refractivity contribution in [1.29, 1.82) is 0 Å². The Morgan fingerprint density at radius 2 is 2.14 bits per heavy atom. The fourth-order valence-electron chi connectivity index (χ4n) is 1.26. The molecule has 0 aliphatic rings. The van der Waals surface area contributed by atoms with Gasteiger partial charge in [0.1, 0.15) is 5.82 Å². The molecule has 0 fully saturated rings. The maximum atomic E-state index is 12.9. The van der Waals surface area contributed by atoms with Gasteiger partial charge in [0.25, 0.3) is 0 Å². The number of rotatable bonds is 3. The smallest absolute Gasteiger partial charge is 0.338 e. The summed E-state index contributed by atoms with van der Waals surface area (Å²) in [5, 5.41) is 0. The number of carbonyl (C=O) groups excluding carboxylic acids is 1. The van der Waals surface area contributed by atoms with E-state index in [9.17, 15) is 9.18 Å². The van der Waals surface area contributed by atoms with Crippen LogP contribution in [0.4, 0.5) is 4.39 Å². The summed E-state index contributed by atoms with van der Waals surface area (Å²) in [7, 11) is 0. The molecule has 0 atom stereocenters. The van der Waals surface area contributed by atoms with Gasteiger partial charge < -0.3 is 4.74 Å². The van der Waals surface area contributed by atoms with Gasteiger partial charge in [0, 0.05) is 0 Å². The highest BCUT2D eigenvalue weighted by Gasteiger charge is 2.11. The summed E-state index contributed by atoms with van der Waals surface area (Å²) in [6.45, 7) is 3.94. The molecule has 0 saturated heterocycles. The molecule has 1 aromatic rings. The van der Waals surface area contributed by atoms with Crippen LogP contribution in [0.15, 0.2) is 18.2 Å². The van der Waals surface area contributed by atoms with Crippen molar-refractivity contribution >= 4 is 5.97 Å². The average Bonchev–Trinajstić information content (AvgIpc) is 2.18. The van der Waals surface area contributed by atoms with Crippen molar-refractivity contribution < 1.29 is 13.9 Å². The molecule has 3 heteroatoms. The maximum Gasteiger partial charge on any atom is 0.338 e. The second-order valence-corrected chi connectivity index (χ2v) is 2.88. The first-order chi connectivity index (χ1) is 6.69. The Kier molecular flexibility index (Phi) is 3.63. The zero-order chi connectivity index (χ0) is 10.6. The van der Waals surface area contributed by atoms with E-state index in [1.165, 1.54) is 12.1 Å². The molecule has 0 saturated carbocycles. The standard InChI is InChI=1S/C11H13FO2/c1-3-8-5-6-9(12)7-10(8)11(13)14-4-2/h5-7H,3-4H2,1-2H3. The van der Waals surface area contributed by atoms with Crippen molar-refractivity contribution in [2.45, 2.75) is 20.3 Å². The minimum Gasteiger partial charge on any atom is -0.462 e. The molecule has 76 valence electrons. The SMILES string of the molecule is CCOC(=O)c1cc(F)ccc1CC. The lowest BCUT2D eigenvalue weighted by atomic mass is 10.1. The molecule has 0 radical (unpaired) electrons. The van der Waals surface area contributed by atoms with E-state index in [0.717, 1.165) is 5.56 Å². The van der Waals surface area contributed by atoms with Crippen molar-refractivity contribution in [3.05, 3.63) is 35.1 Å². The fourth-order valence-corrected chi connectivity index (χ4v) is 1.26. The van der Waals surface area contributed by atoms with E-state index >= 15 is 0 Å². The van der Waals surface area contributed by atoms with E-state index in [2.05, 4.69) is 0 Å². The molecule has 1 rings (SSSR count). The Morgan fingerprint density at radius 3 is 2.71 bits per heavy atom. The van der Waals surface area contributed by atoms with E-state index in [0.29, 0.717) is 18.6 Å². The number of hydrogen-bond acceptors (Lipinski definition) is 2. The molecule has 0 aromatic heterocycles. The van der Waals surface area contributed by atoms with Gasteiger partial charge in [-0.25, -0.2) is 9.18 Å². The van der Waals surface area contributed by atoms with Crippen molar-refractivity contribution in [1.82, 2.24) is 0 Å². The van der Waals surface area contributed by atoms with Gasteiger partial charge in [0.2, 0.25) is 0 Å². The van der Waals surface area contributed by atoms with Gasteiger partial charge in [-0.1, -0.05) is 13.0 Å². The van der Waals surface area contributed by atoms with E-state index in [4.69, 9.17) is 4.74 Å². The Balaban J connectivity index is 3.03. The Morgan fingerprint density at radius 1 is 1.43 bits per heavy atom. The van der Waals surface area contributed by atoms with Crippen LogP contribution in [0.1, 0.15) is 29.8 Å². The summed E-state index contributed by atoms with van der Waals surface area (Å²) in [5.41, 5.74) is 1.14. The van der Waals surface area contributed by atoms with Gasteiger partial charge in [-0.15, -0.1) is 0 Å². The van der Waals surface area contributed by atoms with Crippen molar-refractivity contribution in [2.24, 2.45) is 0 Å². The maximum absolute atomic E-state index is 12.9. The number of benzene rings is 1. The largest absolute Gasteiger partial charge is 0.462 e. The van der Waals surface area contributed by atoms with Crippen molar-refractivity contribution in [3.8, 4) is 0 Å². The first-order valence-corrected chi connectivity index (χ1v) is 4.64. The molecule has 0 amide bonds. The first-order valence-electron chi connectivity index (χ1n) is 4.64.